The molecule has 0 unspecified atom stereocenters. The van der Waals surface area contributed by atoms with Gasteiger partial charge in [0.15, 0.2) is 5.75 Å². The Morgan fingerprint density at radius 3 is 2.81 bits per heavy atom. The van der Waals surface area contributed by atoms with Crippen LogP contribution in [-0.2, 0) is 6.54 Å². The summed E-state index contributed by atoms with van der Waals surface area (Å²) in [5.74, 6) is -0.938. The van der Waals surface area contributed by atoms with Gasteiger partial charge in [0, 0.05) is 12.1 Å². The van der Waals surface area contributed by atoms with Crippen LogP contribution in [0, 0.1) is 5.82 Å². The fraction of sp³-hybridized carbons (Fsp3) is 0.188. The number of ether oxygens (including phenoxy) is 1. The lowest BCUT2D eigenvalue weighted by Crippen LogP contribution is -2.33. The van der Waals surface area contributed by atoms with E-state index in [1.807, 2.05) is 4.90 Å². The van der Waals surface area contributed by atoms with Crippen molar-refractivity contribution in [1.29, 1.82) is 0 Å². The minimum atomic E-state index is -1.03. The van der Waals surface area contributed by atoms with Gasteiger partial charge in [0.25, 0.3) is 0 Å². The summed E-state index contributed by atoms with van der Waals surface area (Å²) in [5, 5.41) is 9.20. The summed E-state index contributed by atoms with van der Waals surface area (Å²) >= 11 is 0. The number of halogens is 1. The molecule has 0 spiro atoms. The van der Waals surface area contributed by atoms with Gasteiger partial charge in [0.2, 0.25) is 0 Å². The lowest BCUT2D eigenvalue weighted by atomic mass is 10.1. The maximum atomic E-state index is 13.8. The van der Waals surface area contributed by atoms with Gasteiger partial charge in [0.1, 0.15) is 18.0 Å². The van der Waals surface area contributed by atoms with Gasteiger partial charge in [-0.1, -0.05) is 24.3 Å². The van der Waals surface area contributed by atoms with E-state index in [0.717, 1.165) is 0 Å². The molecule has 1 aliphatic rings. The molecule has 0 amide bonds. The lowest BCUT2D eigenvalue weighted by molar-refractivity contribution is 0.0692. The van der Waals surface area contributed by atoms with Crippen molar-refractivity contribution in [1.82, 2.24) is 0 Å². The summed E-state index contributed by atoms with van der Waals surface area (Å²) in [5.41, 5.74) is 1.39. The molecule has 108 valence electrons. The van der Waals surface area contributed by atoms with E-state index >= 15 is 0 Å². The highest BCUT2D eigenvalue weighted by Crippen LogP contribution is 2.35. The molecule has 21 heavy (non-hydrogen) atoms. The highest BCUT2D eigenvalue weighted by molar-refractivity contribution is 5.93. The third kappa shape index (κ3) is 2.54. The Balaban J connectivity index is 1.96. The minimum absolute atomic E-state index is 0.130. The third-order valence-corrected chi connectivity index (χ3v) is 3.49. The number of carboxylic acids is 1. The SMILES string of the molecule is O=C(O)c1cccc2c1OCCN2Cc1ccccc1F. The van der Waals surface area contributed by atoms with Crippen LogP contribution in [0.1, 0.15) is 15.9 Å². The molecule has 0 bridgehead atoms. The van der Waals surface area contributed by atoms with Crippen molar-refractivity contribution >= 4 is 11.7 Å². The first-order chi connectivity index (χ1) is 10.2. The quantitative estimate of drug-likeness (QED) is 0.943. The molecule has 1 aliphatic heterocycles. The van der Waals surface area contributed by atoms with E-state index in [9.17, 15) is 14.3 Å². The van der Waals surface area contributed by atoms with Crippen molar-refractivity contribution < 1.29 is 19.0 Å². The van der Waals surface area contributed by atoms with Gasteiger partial charge in [0.05, 0.1) is 12.2 Å². The summed E-state index contributed by atoms with van der Waals surface area (Å²) in [6, 6.07) is 11.6. The summed E-state index contributed by atoms with van der Waals surface area (Å²) in [6.07, 6.45) is 0. The van der Waals surface area contributed by atoms with Gasteiger partial charge in [-0.05, 0) is 18.2 Å². The van der Waals surface area contributed by atoms with Gasteiger partial charge in [-0.3, -0.25) is 0 Å². The molecule has 0 saturated heterocycles. The predicted molar refractivity (Wildman–Crippen MR) is 76.3 cm³/mol. The number of anilines is 1. The van der Waals surface area contributed by atoms with Gasteiger partial charge >= 0.3 is 5.97 Å². The summed E-state index contributed by atoms with van der Waals surface area (Å²) in [7, 11) is 0. The van der Waals surface area contributed by atoms with E-state index in [-0.39, 0.29) is 11.4 Å². The van der Waals surface area contributed by atoms with Crippen LogP contribution in [0.3, 0.4) is 0 Å². The van der Waals surface area contributed by atoms with Gasteiger partial charge < -0.3 is 14.7 Å². The molecule has 0 fully saturated rings. The maximum absolute atomic E-state index is 13.8. The van der Waals surface area contributed by atoms with Crippen molar-refractivity contribution in [2.45, 2.75) is 6.54 Å². The van der Waals surface area contributed by atoms with E-state index in [4.69, 9.17) is 4.74 Å². The van der Waals surface area contributed by atoms with Crippen molar-refractivity contribution in [2.24, 2.45) is 0 Å². The number of hydrogen-bond donors (Lipinski definition) is 1. The van der Waals surface area contributed by atoms with Crippen LogP contribution in [0.5, 0.6) is 5.75 Å². The topological polar surface area (TPSA) is 49.8 Å². The Morgan fingerprint density at radius 1 is 1.24 bits per heavy atom. The Morgan fingerprint density at radius 2 is 2.05 bits per heavy atom. The number of benzene rings is 2. The van der Waals surface area contributed by atoms with Crippen molar-refractivity contribution in [2.75, 3.05) is 18.1 Å². The molecule has 1 N–H and O–H groups in total. The second-order valence-corrected chi connectivity index (χ2v) is 4.82. The Labute approximate surface area is 121 Å². The van der Waals surface area contributed by atoms with E-state index in [0.29, 0.717) is 36.7 Å². The largest absolute Gasteiger partial charge is 0.489 e. The second-order valence-electron chi connectivity index (χ2n) is 4.82. The summed E-state index contributed by atoms with van der Waals surface area (Å²) < 4.78 is 19.3. The Bertz CT molecular complexity index is 687. The molecule has 0 aliphatic carbocycles. The second kappa shape index (κ2) is 5.44. The van der Waals surface area contributed by atoms with Crippen LogP contribution < -0.4 is 9.64 Å². The van der Waals surface area contributed by atoms with Crippen molar-refractivity contribution in [3.63, 3.8) is 0 Å². The average Bonchev–Trinajstić information content (AvgIpc) is 2.49. The number of carbonyl (C=O) groups is 1. The molecular formula is C16H14FNO3. The van der Waals surface area contributed by atoms with Gasteiger partial charge in [-0.25, -0.2) is 9.18 Å². The van der Waals surface area contributed by atoms with Crippen LogP contribution in [0.2, 0.25) is 0 Å². The normalized spacial score (nSPS) is 13.5. The molecule has 0 radical (unpaired) electrons. The molecule has 3 rings (SSSR count). The molecule has 2 aromatic carbocycles. The lowest BCUT2D eigenvalue weighted by Gasteiger charge is -2.32. The number of fused-ring (bicyclic) bond motifs is 1. The highest BCUT2D eigenvalue weighted by atomic mass is 19.1. The Hall–Kier alpha value is -2.56. The van der Waals surface area contributed by atoms with Crippen LogP contribution in [0.4, 0.5) is 10.1 Å². The zero-order valence-corrected chi connectivity index (χ0v) is 11.3. The zero-order chi connectivity index (χ0) is 14.8. The molecule has 4 nitrogen and oxygen atoms in total. The summed E-state index contributed by atoms with van der Waals surface area (Å²) in [6.45, 7) is 1.35. The predicted octanol–water partition coefficient (Wildman–Crippen LogP) is 2.92. The van der Waals surface area contributed by atoms with E-state index < -0.39 is 5.97 Å². The number of hydrogen-bond acceptors (Lipinski definition) is 3. The maximum Gasteiger partial charge on any atom is 0.339 e. The van der Waals surface area contributed by atoms with Crippen LogP contribution in [-0.4, -0.2) is 24.2 Å². The number of para-hydroxylation sites is 1. The minimum Gasteiger partial charge on any atom is -0.489 e. The average molecular weight is 287 g/mol. The third-order valence-electron chi connectivity index (χ3n) is 3.49. The molecule has 5 heteroatoms. The smallest absolute Gasteiger partial charge is 0.339 e. The van der Waals surface area contributed by atoms with E-state index in [1.165, 1.54) is 12.1 Å². The van der Waals surface area contributed by atoms with Gasteiger partial charge in [-0.15, -0.1) is 0 Å². The highest BCUT2D eigenvalue weighted by Gasteiger charge is 2.24. The van der Waals surface area contributed by atoms with Crippen molar-refractivity contribution in [3.05, 3.63) is 59.4 Å². The number of carboxylic acid groups (broad SMARTS) is 1. The molecular weight excluding hydrogens is 273 g/mol. The molecule has 2 aromatic rings. The molecule has 0 saturated carbocycles. The van der Waals surface area contributed by atoms with Crippen LogP contribution >= 0.6 is 0 Å². The van der Waals surface area contributed by atoms with E-state index in [1.54, 1.807) is 30.3 Å². The van der Waals surface area contributed by atoms with Crippen molar-refractivity contribution in [3.8, 4) is 5.75 Å². The Kier molecular flexibility index (Phi) is 3.48. The fourth-order valence-corrected chi connectivity index (χ4v) is 2.47. The van der Waals surface area contributed by atoms with Crippen LogP contribution in [0.25, 0.3) is 0 Å². The number of aromatic carboxylic acids is 1. The van der Waals surface area contributed by atoms with E-state index in [2.05, 4.69) is 0 Å². The number of rotatable bonds is 3. The fourth-order valence-electron chi connectivity index (χ4n) is 2.47. The zero-order valence-electron chi connectivity index (χ0n) is 11.3. The van der Waals surface area contributed by atoms with Gasteiger partial charge in [-0.2, -0.15) is 0 Å². The standard InChI is InChI=1S/C16H14FNO3/c17-13-6-2-1-4-11(13)10-18-8-9-21-15-12(16(19)20)5-3-7-14(15)18/h1-7H,8-10H2,(H,19,20). The molecule has 0 aromatic heterocycles. The van der Waals surface area contributed by atoms with Crippen LogP contribution in [0.15, 0.2) is 42.5 Å². The molecule has 0 atom stereocenters. The molecule has 1 heterocycles. The monoisotopic (exact) mass is 287 g/mol. The first-order valence-electron chi connectivity index (χ1n) is 6.64. The summed E-state index contributed by atoms with van der Waals surface area (Å²) in [4.78, 5) is 13.2. The first-order valence-corrected chi connectivity index (χ1v) is 6.64. The first kappa shape index (κ1) is 13.4. The number of nitrogens with zero attached hydrogens (tertiary/aromatic N) is 1.